The summed E-state index contributed by atoms with van der Waals surface area (Å²) in [6, 6.07) is 15.6. The molecule has 0 unspecified atom stereocenters. The first-order valence-corrected chi connectivity index (χ1v) is 9.69. The van der Waals surface area contributed by atoms with Gasteiger partial charge >= 0.3 is 0 Å². The summed E-state index contributed by atoms with van der Waals surface area (Å²) in [5.74, 6) is 0.751. The second-order valence-electron chi connectivity index (χ2n) is 5.34. The van der Waals surface area contributed by atoms with Crippen LogP contribution >= 0.6 is 23.5 Å². The Morgan fingerprint density at radius 2 is 1.96 bits per heavy atom. The zero-order chi connectivity index (χ0) is 17.8. The van der Waals surface area contributed by atoms with E-state index in [1.54, 1.807) is 30.8 Å². The van der Waals surface area contributed by atoms with Gasteiger partial charge in [-0.3, -0.25) is 9.69 Å². The molecule has 1 fully saturated rings. The Balaban J connectivity index is 1.85. The Kier molecular flexibility index (Phi) is 5.50. The van der Waals surface area contributed by atoms with Crippen molar-refractivity contribution in [2.75, 3.05) is 20.4 Å². The van der Waals surface area contributed by atoms with Gasteiger partial charge in [0.2, 0.25) is 0 Å². The van der Waals surface area contributed by atoms with Crippen LogP contribution in [0.25, 0.3) is 6.08 Å². The summed E-state index contributed by atoms with van der Waals surface area (Å²) in [7, 11) is 3.38. The highest BCUT2D eigenvalue weighted by molar-refractivity contribution is 8.18. The lowest BCUT2D eigenvalue weighted by atomic mass is 10.2. The lowest BCUT2D eigenvalue weighted by molar-refractivity contribution is -0.121. The quantitative estimate of drug-likeness (QED) is 0.580. The fourth-order valence-corrected chi connectivity index (χ4v) is 3.73. The van der Waals surface area contributed by atoms with Crippen molar-refractivity contribution in [2.24, 2.45) is 4.99 Å². The average molecular weight is 370 g/mol. The highest BCUT2D eigenvalue weighted by atomic mass is 32.2. The number of ether oxygens (including phenoxy) is 1. The van der Waals surface area contributed by atoms with Gasteiger partial charge in [-0.25, -0.2) is 4.99 Å². The van der Waals surface area contributed by atoms with Crippen molar-refractivity contribution in [1.82, 2.24) is 4.90 Å². The number of amides is 1. The van der Waals surface area contributed by atoms with E-state index < -0.39 is 0 Å². The zero-order valence-electron chi connectivity index (χ0n) is 14.2. The van der Waals surface area contributed by atoms with E-state index in [0.717, 1.165) is 21.9 Å². The number of rotatable bonds is 4. The van der Waals surface area contributed by atoms with Gasteiger partial charge in [0, 0.05) is 11.9 Å². The predicted molar refractivity (Wildman–Crippen MR) is 107 cm³/mol. The minimum Gasteiger partial charge on any atom is -0.497 e. The van der Waals surface area contributed by atoms with Gasteiger partial charge in [-0.2, -0.15) is 0 Å². The van der Waals surface area contributed by atoms with Crippen LogP contribution in [0.2, 0.25) is 0 Å². The molecule has 2 aromatic carbocycles. The summed E-state index contributed by atoms with van der Waals surface area (Å²) in [5.41, 5.74) is 1.80. The molecule has 0 N–H and O–H groups in total. The fraction of sp³-hybridized carbons (Fsp3) is 0.158. The SMILES string of the molecule is COc1ccc(/C=C2/SC(=Nc3cccc(SC)c3)N(C)C2=O)cc1. The van der Waals surface area contributed by atoms with Crippen molar-refractivity contribution in [3.05, 3.63) is 59.0 Å². The maximum absolute atomic E-state index is 12.5. The van der Waals surface area contributed by atoms with Gasteiger partial charge in [0.15, 0.2) is 5.17 Å². The number of hydrogen-bond acceptors (Lipinski definition) is 5. The lowest BCUT2D eigenvalue weighted by Gasteiger charge is -2.07. The van der Waals surface area contributed by atoms with Gasteiger partial charge in [0.1, 0.15) is 5.75 Å². The highest BCUT2D eigenvalue weighted by Gasteiger charge is 2.30. The van der Waals surface area contributed by atoms with Gasteiger partial charge in [-0.15, -0.1) is 11.8 Å². The molecule has 0 spiro atoms. The number of aliphatic imine (C=N–C) groups is 1. The molecule has 3 rings (SSSR count). The molecule has 4 nitrogen and oxygen atoms in total. The van der Waals surface area contributed by atoms with Crippen LogP contribution in [0, 0.1) is 0 Å². The van der Waals surface area contributed by atoms with Crippen LogP contribution in [0.3, 0.4) is 0 Å². The number of thioether (sulfide) groups is 2. The normalized spacial score (nSPS) is 17.6. The number of methoxy groups -OCH3 is 1. The summed E-state index contributed by atoms with van der Waals surface area (Å²) in [5, 5.41) is 0.683. The lowest BCUT2D eigenvalue weighted by Crippen LogP contribution is -2.23. The summed E-state index contributed by atoms with van der Waals surface area (Å²) in [6.07, 6.45) is 3.91. The first-order valence-electron chi connectivity index (χ1n) is 7.65. The monoisotopic (exact) mass is 370 g/mol. The van der Waals surface area contributed by atoms with Crippen molar-refractivity contribution < 1.29 is 9.53 Å². The third-order valence-electron chi connectivity index (χ3n) is 3.70. The maximum atomic E-state index is 12.5. The number of amidine groups is 1. The predicted octanol–water partition coefficient (Wildman–Crippen LogP) is 4.65. The van der Waals surface area contributed by atoms with Crippen molar-refractivity contribution in [3.8, 4) is 5.75 Å². The van der Waals surface area contributed by atoms with Gasteiger partial charge in [0.25, 0.3) is 5.91 Å². The smallest absolute Gasteiger partial charge is 0.266 e. The second kappa shape index (κ2) is 7.80. The first-order chi connectivity index (χ1) is 12.1. The van der Waals surface area contributed by atoms with Crippen LogP contribution in [-0.2, 0) is 4.79 Å². The van der Waals surface area contributed by atoms with E-state index in [0.29, 0.717) is 10.1 Å². The number of carbonyl (C=O) groups is 1. The molecule has 0 aromatic heterocycles. The number of benzene rings is 2. The molecule has 2 aromatic rings. The van der Waals surface area contributed by atoms with E-state index in [9.17, 15) is 4.79 Å². The van der Waals surface area contributed by atoms with Gasteiger partial charge in [-0.05, 0) is 60.0 Å². The molecule has 1 aliphatic rings. The van der Waals surface area contributed by atoms with Crippen LogP contribution < -0.4 is 4.74 Å². The molecule has 6 heteroatoms. The Morgan fingerprint density at radius 3 is 2.64 bits per heavy atom. The molecule has 1 saturated heterocycles. The highest BCUT2D eigenvalue weighted by Crippen LogP contribution is 2.33. The van der Waals surface area contributed by atoms with Gasteiger partial charge in [-0.1, -0.05) is 18.2 Å². The van der Waals surface area contributed by atoms with E-state index >= 15 is 0 Å². The number of nitrogens with zero attached hydrogens (tertiary/aromatic N) is 2. The summed E-state index contributed by atoms with van der Waals surface area (Å²) < 4.78 is 5.16. The maximum Gasteiger partial charge on any atom is 0.266 e. The van der Waals surface area contributed by atoms with E-state index in [4.69, 9.17) is 4.74 Å². The largest absolute Gasteiger partial charge is 0.497 e. The Labute approximate surface area is 156 Å². The summed E-state index contributed by atoms with van der Waals surface area (Å²) in [6.45, 7) is 0. The van der Waals surface area contributed by atoms with Crippen LogP contribution in [0.4, 0.5) is 5.69 Å². The van der Waals surface area contributed by atoms with Crippen LogP contribution in [0.1, 0.15) is 5.56 Å². The molecular formula is C19H18N2O2S2. The zero-order valence-corrected chi connectivity index (χ0v) is 15.9. The number of hydrogen-bond donors (Lipinski definition) is 0. The van der Waals surface area contributed by atoms with Crippen molar-refractivity contribution >= 4 is 46.4 Å². The first kappa shape index (κ1) is 17.6. The van der Waals surface area contributed by atoms with Crippen molar-refractivity contribution in [2.45, 2.75) is 4.90 Å². The van der Waals surface area contributed by atoms with Crippen LogP contribution in [-0.4, -0.2) is 36.4 Å². The van der Waals surface area contributed by atoms with E-state index in [1.165, 1.54) is 11.8 Å². The molecular weight excluding hydrogens is 352 g/mol. The Morgan fingerprint density at radius 1 is 1.20 bits per heavy atom. The van der Waals surface area contributed by atoms with Gasteiger partial charge < -0.3 is 4.74 Å². The number of carbonyl (C=O) groups excluding carboxylic acids is 1. The molecule has 0 saturated carbocycles. The summed E-state index contributed by atoms with van der Waals surface area (Å²) in [4.78, 5) is 20.5. The second-order valence-corrected chi connectivity index (χ2v) is 7.23. The molecule has 0 radical (unpaired) electrons. The molecule has 1 heterocycles. The molecule has 1 amide bonds. The molecule has 0 bridgehead atoms. The molecule has 25 heavy (non-hydrogen) atoms. The third-order valence-corrected chi connectivity index (χ3v) is 5.48. The molecule has 1 aliphatic heterocycles. The fourth-order valence-electron chi connectivity index (χ4n) is 2.29. The average Bonchev–Trinajstić information content (AvgIpc) is 2.90. The topological polar surface area (TPSA) is 41.9 Å². The van der Waals surface area contributed by atoms with E-state index in [1.807, 2.05) is 60.9 Å². The van der Waals surface area contributed by atoms with E-state index in [2.05, 4.69) is 4.99 Å². The standard InChI is InChI=1S/C19H18N2O2S2/c1-21-18(22)17(11-13-7-9-15(23-2)10-8-13)25-19(21)20-14-5-4-6-16(12-14)24-3/h4-12H,1-3H3/b17-11+,20-19?. The van der Waals surface area contributed by atoms with Crippen molar-refractivity contribution in [1.29, 1.82) is 0 Å². The number of likely N-dealkylation sites (N-methyl/N-ethyl adjacent to an activating group) is 1. The Bertz CT molecular complexity index is 845. The minimum absolute atomic E-state index is 0.0411. The minimum atomic E-state index is -0.0411. The van der Waals surface area contributed by atoms with Crippen molar-refractivity contribution in [3.63, 3.8) is 0 Å². The summed E-state index contributed by atoms with van der Waals surface area (Å²) >= 11 is 3.06. The van der Waals surface area contributed by atoms with E-state index in [-0.39, 0.29) is 5.91 Å². The third kappa shape index (κ3) is 4.08. The van der Waals surface area contributed by atoms with Crippen LogP contribution in [0.15, 0.2) is 63.3 Å². The van der Waals surface area contributed by atoms with Crippen LogP contribution in [0.5, 0.6) is 5.75 Å². The molecule has 0 aliphatic carbocycles. The molecule has 128 valence electrons. The van der Waals surface area contributed by atoms with Gasteiger partial charge in [0.05, 0.1) is 17.7 Å². The molecule has 0 atom stereocenters. The Hall–Kier alpha value is -2.18.